The summed E-state index contributed by atoms with van der Waals surface area (Å²) in [5.74, 6) is 0.510. The van der Waals surface area contributed by atoms with Crippen molar-refractivity contribution in [2.24, 2.45) is 0 Å². The average Bonchev–Trinajstić information content (AvgIpc) is 2.27. The predicted octanol–water partition coefficient (Wildman–Crippen LogP) is 3.33. The molecule has 0 aromatic heterocycles. The van der Waals surface area contributed by atoms with E-state index in [0.717, 1.165) is 16.9 Å². The van der Waals surface area contributed by atoms with Crippen molar-refractivity contribution in [3.63, 3.8) is 0 Å². The van der Waals surface area contributed by atoms with E-state index in [0.29, 0.717) is 5.88 Å². The number of halogens is 1. The van der Waals surface area contributed by atoms with Gasteiger partial charge >= 0.3 is 0 Å². The molecule has 0 spiro atoms. The molecular weight excluding hydrogens is 216 g/mol. The molecule has 0 aliphatic rings. The largest absolute Gasteiger partial charge is 0.254 e. The number of benzene rings is 1. The number of alkyl halides is 1. The molecule has 0 amide bonds. The van der Waals surface area contributed by atoms with Crippen LogP contribution in [-0.2, 0) is 16.7 Å². The van der Waals surface area contributed by atoms with E-state index in [-0.39, 0.29) is 5.25 Å². The summed E-state index contributed by atoms with van der Waals surface area (Å²) in [5.41, 5.74) is 1.07. The highest BCUT2D eigenvalue weighted by Crippen LogP contribution is 2.15. The Morgan fingerprint density at radius 2 is 1.93 bits per heavy atom. The third kappa shape index (κ3) is 2.82. The van der Waals surface area contributed by atoms with Crippen molar-refractivity contribution >= 4 is 22.4 Å². The lowest BCUT2D eigenvalue weighted by molar-refractivity contribution is 0.670. The Labute approximate surface area is 92.9 Å². The third-order valence-corrected chi connectivity index (χ3v) is 4.36. The standard InChI is InChI=1S/C11H15ClOS/c1-3-9(2)14(13)11-6-4-10(8-12)5-7-11/h4-7,9H,3,8H2,1-2H3. The van der Waals surface area contributed by atoms with E-state index >= 15 is 0 Å². The predicted molar refractivity (Wildman–Crippen MR) is 62.2 cm³/mol. The van der Waals surface area contributed by atoms with Crippen molar-refractivity contribution in [2.75, 3.05) is 0 Å². The second kappa shape index (κ2) is 5.52. The van der Waals surface area contributed by atoms with Crippen molar-refractivity contribution in [2.45, 2.75) is 36.3 Å². The Morgan fingerprint density at radius 1 is 1.36 bits per heavy atom. The van der Waals surface area contributed by atoms with Crippen LogP contribution in [0.15, 0.2) is 29.2 Å². The molecule has 1 nitrogen and oxygen atoms in total. The van der Waals surface area contributed by atoms with Gasteiger partial charge in [0.05, 0.1) is 10.8 Å². The number of hydrogen-bond donors (Lipinski definition) is 0. The Morgan fingerprint density at radius 3 is 2.36 bits per heavy atom. The molecule has 1 aromatic carbocycles. The molecule has 0 N–H and O–H groups in total. The topological polar surface area (TPSA) is 17.1 Å². The zero-order valence-electron chi connectivity index (χ0n) is 8.50. The van der Waals surface area contributed by atoms with E-state index in [2.05, 4.69) is 6.92 Å². The number of hydrogen-bond acceptors (Lipinski definition) is 1. The SMILES string of the molecule is CCC(C)S(=O)c1ccc(CCl)cc1. The first kappa shape index (κ1) is 11.7. The highest BCUT2D eigenvalue weighted by molar-refractivity contribution is 7.85. The first-order valence-electron chi connectivity index (χ1n) is 4.74. The Kier molecular flexibility index (Phi) is 4.63. The first-order valence-corrected chi connectivity index (χ1v) is 6.49. The zero-order chi connectivity index (χ0) is 10.6. The minimum Gasteiger partial charge on any atom is -0.254 e. The van der Waals surface area contributed by atoms with Gasteiger partial charge < -0.3 is 0 Å². The summed E-state index contributed by atoms with van der Waals surface area (Å²) in [4.78, 5) is 0.896. The summed E-state index contributed by atoms with van der Waals surface area (Å²) in [6.07, 6.45) is 0.934. The molecule has 1 rings (SSSR count). The highest BCUT2D eigenvalue weighted by Gasteiger charge is 2.10. The minimum atomic E-state index is -0.882. The van der Waals surface area contributed by atoms with E-state index in [1.807, 2.05) is 31.2 Å². The molecule has 3 heteroatoms. The third-order valence-electron chi connectivity index (χ3n) is 2.25. The Bertz CT molecular complexity index is 308. The lowest BCUT2D eigenvalue weighted by Gasteiger charge is -2.08. The van der Waals surface area contributed by atoms with E-state index < -0.39 is 10.8 Å². The summed E-state index contributed by atoms with van der Waals surface area (Å²) in [6, 6.07) is 7.67. The maximum Gasteiger partial charge on any atom is 0.0557 e. The fourth-order valence-corrected chi connectivity index (χ4v) is 2.45. The second-order valence-corrected chi connectivity index (χ2v) is 5.43. The van der Waals surface area contributed by atoms with Gasteiger partial charge in [-0.3, -0.25) is 4.21 Å². The van der Waals surface area contributed by atoms with Gasteiger partial charge in [0.1, 0.15) is 0 Å². The van der Waals surface area contributed by atoms with Crippen molar-refractivity contribution in [1.29, 1.82) is 0 Å². The summed E-state index contributed by atoms with van der Waals surface area (Å²) < 4.78 is 11.9. The fourth-order valence-electron chi connectivity index (χ4n) is 1.10. The molecule has 0 aliphatic heterocycles. The van der Waals surface area contributed by atoms with E-state index in [1.165, 1.54) is 0 Å². The lowest BCUT2D eigenvalue weighted by Crippen LogP contribution is -2.09. The van der Waals surface area contributed by atoms with Crippen LogP contribution >= 0.6 is 11.6 Å². The molecule has 2 unspecified atom stereocenters. The monoisotopic (exact) mass is 230 g/mol. The second-order valence-electron chi connectivity index (χ2n) is 3.29. The van der Waals surface area contributed by atoms with Gasteiger partial charge in [0.25, 0.3) is 0 Å². The minimum absolute atomic E-state index is 0.219. The molecule has 0 aliphatic carbocycles. The normalized spacial score (nSPS) is 15.1. The van der Waals surface area contributed by atoms with Crippen molar-refractivity contribution < 1.29 is 4.21 Å². The summed E-state index contributed by atoms with van der Waals surface area (Å²) in [5, 5.41) is 0.219. The molecule has 2 atom stereocenters. The van der Waals surface area contributed by atoms with Crippen molar-refractivity contribution in [1.82, 2.24) is 0 Å². The van der Waals surface area contributed by atoms with Crippen LogP contribution in [0.4, 0.5) is 0 Å². The van der Waals surface area contributed by atoms with E-state index in [9.17, 15) is 4.21 Å². The Hall–Kier alpha value is -0.340. The fraction of sp³-hybridized carbons (Fsp3) is 0.455. The molecule has 0 radical (unpaired) electrons. The van der Waals surface area contributed by atoms with Crippen LogP contribution in [0.3, 0.4) is 0 Å². The maximum absolute atomic E-state index is 11.9. The van der Waals surface area contributed by atoms with Crippen LogP contribution in [0, 0.1) is 0 Å². The van der Waals surface area contributed by atoms with Crippen molar-refractivity contribution in [3.8, 4) is 0 Å². The molecule has 0 fully saturated rings. The quantitative estimate of drug-likeness (QED) is 0.726. The van der Waals surface area contributed by atoms with Gasteiger partial charge in [-0.25, -0.2) is 0 Å². The number of rotatable bonds is 4. The molecular formula is C11H15ClOS. The molecule has 0 saturated carbocycles. The van der Waals surface area contributed by atoms with Crippen LogP contribution in [0.5, 0.6) is 0 Å². The van der Waals surface area contributed by atoms with Crippen LogP contribution in [0.2, 0.25) is 0 Å². The van der Waals surface area contributed by atoms with Gasteiger partial charge in [0.15, 0.2) is 0 Å². The van der Waals surface area contributed by atoms with Crippen LogP contribution in [0.25, 0.3) is 0 Å². The van der Waals surface area contributed by atoms with Crippen LogP contribution in [0.1, 0.15) is 25.8 Å². The maximum atomic E-state index is 11.9. The Balaban J connectivity index is 2.81. The van der Waals surface area contributed by atoms with Gasteiger partial charge in [0.2, 0.25) is 0 Å². The smallest absolute Gasteiger partial charge is 0.0557 e. The van der Waals surface area contributed by atoms with Gasteiger partial charge in [-0.1, -0.05) is 26.0 Å². The van der Waals surface area contributed by atoms with Crippen molar-refractivity contribution in [3.05, 3.63) is 29.8 Å². The summed E-state index contributed by atoms with van der Waals surface area (Å²) in [6.45, 7) is 4.06. The molecule has 14 heavy (non-hydrogen) atoms. The lowest BCUT2D eigenvalue weighted by atomic mass is 10.2. The average molecular weight is 231 g/mol. The first-order chi connectivity index (χ1) is 6.69. The highest BCUT2D eigenvalue weighted by atomic mass is 35.5. The van der Waals surface area contributed by atoms with Gasteiger partial charge in [-0.2, -0.15) is 0 Å². The van der Waals surface area contributed by atoms with E-state index in [4.69, 9.17) is 11.6 Å². The van der Waals surface area contributed by atoms with Crippen LogP contribution < -0.4 is 0 Å². The van der Waals surface area contributed by atoms with Gasteiger partial charge in [0, 0.05) is 16.0 Å². The molecule has 0 bridgehead atoms. The zero-order valence-corrected chi connectivity index (χ0v) is 10.1. The molecule has 0 saturated heterocycles. The van der Waals surface area contributed by atoms with E-state index in [1.54, 1.807) is 0 Å². The summed E-state index contributed by atoms with van der Waals surface area (Å²) in [7, 11) is -0.882. The molecule has 1 aromatic rings. The van der Waals surface area contributed by atoms with Gasteiger partial charge in [-0.15, -0.1) is 11.6 Å². The van der Waals surface area contributed by atoms with Gasteiger partial charge in [-0.05, 0) is 24.1 Å². The summed E-state index contributed by atoms with van der Waals surface area (Å²) >= 11 is 5.67. The molecule has 0 heterocycles. The molecule has 78 valence electrons. The van der Waals surface area contributed by atoms with Crippen LogP contribution in [-0.4, -0.2) is 9.46 Å².